The van der Waals surface area contributed by atoms with E-state index in [1.165, 1.54) is 0 Å². The molecule has 110 valence electrons. The molecule has 0 aromatic carbocycles. The molecule has 0 unspecified atom stereocenters. The van der Waals surface area contributed by atoms with Crippen LogP contribution in [0.4, 0.5) is 0 Å². The van der Waals surface area contributed by atoms with Crippen molar-refractivity contribution in [3.63, 3.8) is 0 Å². The molecule has 3 rings (SSSR count). The fourth-order valence-electron chi connectivity index (χ4n) is 2.59. The van der Waals surface area contributed by atoms with Crippen LogP contribution in [-0.4, -0.2) is 29.3 Å². The fourth-order valence-corrected chi connectivity index (χ4v) is 2.84. The van der Waals surface area contributed by atoms with Gasteiger partial charge >= 0.3 is 0 Å². The van der Waals surface area contributed by atoms with E-state index >= 15 is 0 Å². The van der Waals surface area contributed by atoms with Crippen LogP contribution in [0.25, 0.3) is 11.2 Å². The highest BCUT2D eigenvalue weighted by molar-refractivity contribution is 7.71. The van der Waals surface area contributed by atoms with E-state index in [1.54, 1.807) is 6.20 Å². The van der Waals surface area contributed by atoms with E-state index < -0.39 is 0 Å². The van der Waals surface area contributed by atoms with Gasteiger partial charge in [0.15, 0.2) is 10.4 Å². The lowest BCUT2D eigenvalue weighted by Crippen LogP contribution is -2.06. The first kappa shape index (κ1) is 13.9. The van der Waals surface area contributed by atoms with Crippen LogP contribution in [0.1, 0.15) is 30.6 Å². The molecule has 0 spiro atoms. The molecule has 0 aliphatic carbocycles. The second kappa shape index (κ2) is 5.40. The van der Waals surface area contributed by atoms with Gasteiger partial charge in [0.1, 0.15) is 11.3 Å². The molecule has 0 aliphatic heterocycles. The third-order valence-electron chi connectivity index (χ3n) is 3.46. The van der Waals surface area contributed by atoms with E-state index in [0.29, 0.717) is 11.3 Å². The van der Waals surface area contributed by atoms with Crippen LogP contribution >= 0.6 is 12.2 Å². The number of rotatable bonds is 4. The minimum atomic E-state index is 0.618. The highest BCUT2D eigenvalue weighted by Gasteiger charge is 2.15. The average molecular weight is 302 g/mol. The Bertz CT molecular complexity index is 841. The number of H-pyrrole nitrogens is 1. The van der Waals surface area contributed by atoms with Crippen molar-refractivity contribution in [1.29, 1.82) is 0 Å². The third kappa shape index (κ3) is 2.49. The van der Waals surface area contributed by atoms with Crippen molar-refractivity contribution < 1.29 is 0 Å². The first-order valence-corrected chi connectivity index (χ1v) is 7.44. The van der Waals surface area contributed by atoms with Gasteiger partial charge in [-0.2, -0.15) is 5.10 Å². The van der Waals surface area contributed by atoms with E-state index in [1.807, 2.05) is 29.3 Å². The molecule has 0 fully saturated rings. The van der Waals surface area contributed by atoms with Crippen molar-refractivity contribution in [1.82, 2.24) is 29.3 Å². The Balaban J connectivity index is 2.10. The van der Waals surface area contributed by atoms with Crippen LogP contribution in [-0.2, 0) is 20.0 Å². The van der Waals surface area contributed by atoms with Gasteiger partial charge in [-0.3, -0.25) is 9.25 Å². The maximum atomic E-state index is 5.46. The zero-order valence-electron chi connectivity index (χ0n) is 12.4. The average Bonchev–Trinajstić information content (AvgIpc) is 2.90. The van der Waals surface area contributed by atoms with Crippen molar-refractivity contribution in [2.45, 2.75) is 33.2 Å². The van der Waals surface area contributed by atoms with E-state index in [-0.39, 0.29) is 0 Å². The molecule has 0 saturated carbocycles. The highest BCUT2D eigenvalue weighted by Crippen LogP contribution is 2.19. The number of nitrogens with zero attached hydrogens (tertiary/aromatic N) is 5. The van der Waals surface area contributed by atoms with Crippen LogP contribution in [0.15, 0.2) is 12.3 Å². The molecular weight excluding hydrogens is 284 g/mol. The summed E-state index contributed by atoms with van der Waals surface area (Å²) in [6, 6.07) is 1.91. The van der Waals surface area contributed by atoms with Crippen LogP contribution in [0.2, 0.25) is 0 Å². The van der Waals surface area contributed by atoms with Crippen molar-refractivity contribution in [3.8, 4) is 0 Å². The summed E-state index contributed by atoms with van der Waals surface area (Å²) in [4.78, 5) is 11.9. The van der Waals surface area contributed by atoms with Crippen molar-refractivity contribution >= 4 is 23.4 Å². The maximum absolute atomic E-state index is 5.46. The molecule has 0 bridgehead atoms. The van der Waals surface area contributed by atoms with E-state index in [4.69, 9.17) is 12.2 Å². The van der Waals surface area contributed by atoms with E-state index in [0.717, 1.165) is 41.2 Å². The molecular formula is C14H18N6S. The van der Waals surface area contributed by atoms with Gasteiger partial charge in [0, 0.05) is 13.2 Å². The quantitative estimate of drug-likeness (QED) is 0.752. The molecule has 0 radical (unpaired) electrons. The lowest BCUT2D eigenvalue weighted by Gasteiger charge is -2.04. The molecule has 0 saturated heterocycles. The number of fused-ring (bicyclic) bond motifs is 1. The minimum Gasteiger partial charge on any atom is -0.328 e. The van der Waals surface area contributed by atoms with E-state index in [9.17, 15) is 0 Å². The molecule has 3 heterocycles. The Kier molecular flexibility index (Phi) is 3.59. The number of imidazole rings is 1. The van der Waals surface area contributed by atoms with Gasteiger partial charge in [-0.15, -0.1) is 0 Å². The molecule has 0 amide bonds. The molecule has 3 aromatic rings. The number of hydrogen-bond acceptors (Lipinski definition) is 4. The number of aromatic amines is 1. The zero-order valence-corrected chi connectivity index (χ0v) is 13.2. The van der Waals surface area contributed by atoms with Crippen LogP contribution < -0.4 is 0 Å². The largest absolute Gasteiger partial charge is 0.328 e. The Labute approximate surface area is 127 Å². The second-order valence-electron chi connectivity index (χ2n) is 5.13. The Morgan fingerprint density at radius 2 is 2.19 bits per heavy atom. The lowest BCUT2D eigenvalue weighted by molar-refractivity contribution is 0.694. The summed E-state index contributed by atoms with van der Waals surface area (Å²) in [5, 5.41) is 4.59. The lowest BCUT2D eigenvalue weighted by atomic mass is 10.2. The summed E-state index contributed by atoms with van der Waals surface area (Å²) in [7, 11) is 1.95. The van der Waals surface area contributed by atoms with Crippen molar-refractivity contribution in [2.24, 2.45) is 7.05 Å². The van der Waals surface area contributed by atoms with Crippen LogP contribution in [0.3, 0.4) is 0 Å². The van der Waals surface area contributed by atoms with Gasteiger partial charge in [-0.05, 0) is 31.6 Å². The first-order valence-electron chi connectivity index (χ1n) is 7.03. The fraction of sp³-hybridized carbons (Fsp3) is 0.429. The summed E-state index contributed by atoms with van der Waals surface area (Å²) >= 11 is 5.46. The number of aryl methyl sites for hydroxylation is 3. The predicted octanol–water partition coefficient (Wildman–Crippen LogP) is 2.53. The predicted molar refractivity (Wildman–Crippen MR) is 83.8 cm³/mol. The van der Waals surface area contributed by atoms with Crippen LogP contribution in [0.5, 0.6) is 0 Å². The van der Waals surface area contributed by atoms with Gasteiger partial charge in [-0.25, -0.2) is 9.97 Å². The zero-order chi connectivity index (χ0) is 15.0. The molecule has 7 heteroatoms. The standard InChI is InChI=1S/C14H18N6S/c1-4-5-11-12-13(19(3)18-11)20(14(21)17-12)8-10-6-7-15-9(2)16-10/h6-7H,4-5,8H2,1-3H3,(H,17,21). The summed E-state index contributed by atoms with van der Waals surface area (Å²) in [5.74, 6) is 0.766. The summed E-state index contributed by atoms with van der Waals surface area (Å²) in [5.41, 5.74) is 4.06. The molecule has 6 nitrogen and oxygen atoms in total. The summed E-state index contributed by atoms with van der Waals surface area (Å²) < 4.78 is 4.63. The monoisotopic (exact) mass is 302 g/mol. The van der Waals surface area contributed by atoms with Gasteiger partial charge in [0.2, 0.25) is 0 Å². The Morgan fingerprint density at radius 1 is 1.38 bits per heavy atom. The van der Waals surface area contributed by atoms with Crippen molar-refractivity contribution in [3.05, 3.63) is 34.2 Å². The van der Waals surface area contributed by atoms with Crippen LogP contribution in [0, 0.1) is 11.7 Å². The first-order chi connectivity index (χ1) is 10.1. The van der Waals surface area contributed by atoms with Gasteiger partial charge in [0.05, 0.1) is 17.9 Å². The molecule has 1 N–H and O–H groups in total. The SMILES string of the molecule is CCCc1nn(C)c2c1[nH]c(=S)n2Cc1ccnc(C)n1. The molecule has 3 aromatic heterocycles. The van der Waals surface area contributed by atoms with Gasteiger partial charge < -0.3 is 4.98 Å². The smallest absolute Gasteiger partial charge is 0.179 e. The second-order valence-corrected chi connectivity index (χ2v) is 5.52. The number of nitrogens with one attached hydrogen (secondary N) is 1. The topological polar surface area (TPSA) is 64.3 Å². The third-order valence-corrected chi connectivity index (χ3v) is 3.79. The van der Waals surface area contributed by atoms with E-state index in [2.05, 4.69) is 27.0 Å². The van der Waals surface area contributed by atoms with Gasteiger partial charge in [-0.1, -0.05) is 13.3 Å². The molecule has 0 atom stereocenters. The maximum Gasteiger partial charge on any atom is 0.179 e. The van der Waals surface area contributed by atoms with Gasteiger partial charge in [0.25, 0.3) is 0 Å². The summed E-state index contributed by atoms with van der Waals surface area (Å²) in [6.07, 6.45) is 3.78. The normalized spacial score (nSPS) is 11.4. The Hall–Kier alpha value is -2.02. The Morgan fingerprint density at radius 3 is 2.90 bits per heavy atom. The summed E-state index contributed by atoms with van der Waals surface area (Å²) in [6.45, 7) is 4.65. The number of aromatic nitrogens is 6. The minimum absolute atomic E-state index is 0.618. The molecule has 0 aliphatic rings. The van der Waals surface area contributed by atoms with Crippen molar-refractivity contribution in [2.75, 3.05) is 0 Å². The highest BCUT2D eigenvalue weighted by atomic mass is 32.1. The number of hydrogen-bond donors (Lipinski definition) is 1. The molecule has 21 heavy (non-hydrogen) atoms.